The first-order chi connectivity index (χ1) is 39.5. The van der Waals surface area contributed by atoms with E-state index in [0.717, 1.165) is 57.8 Å². The van der Waals surface area contributed by atoms with Crippen LogP contribution in [0, 0.1) is 0 Å². The van der Waals surface area contributed by atoms with Gasteiger partial charge in [0.25, 0.3) is 0 Å². The highest BCUT2D eigenvalue weighted by atomic mass is 16.6. The lowest BCUT2D eigenvalue weighted by Gasteiger charge is -2.18. The molecule has 80 heavy (non-hydrogen) atoms. The highest BCUT2D eigenvalue weighted by molar-refractivity contribution is 5.71. The van der Waals surface area contributed by atoms with E-state index in [-0.39, 0.29) is 31.1 Å². The second kappa shape index (κ2) is 69.6. The van der Waals surface area contributed by atoms with Crippen molar-refractivity contribution in [2.24, 2.45) is 0 Å². The lowest BCUT2D eigenvalue weighted by molar-refractivity contribution is -0.167. The third-order valence-electron chi connectivity index (χ3n) is 17.0. The van der Waals surface area contributed by atoms with E-state index in [1.165, 1.54) is 327 Å². The molecule has 1 unspecified atom stereocenters. The van der Waals surface area contributed by atoms with Crippen molar-refractivity contribution in [2.75, 3.05) is 13.2 Å². The minimum absolute atomic E-state index is 0.0650. The smallest absolute Gasteiger partial charge is 0.306 e. The standard InChI is InChI=1S/C74H142O6/c1-4-7-10-13-16-19-22-25-27-29-30-31-32-33-34-35-36-37-38-39-40-41-42-43-45-46-49-52-55-58-61-64-67-73(76)79-70-71(69-78-72(75)66-63-60-57-54-51-48-24-21-18-15-12-9-6-3)80-74(77)68-65-62-59-56-53-50-47-44-28-26-23-20-17-14-11-8-5-2/h26,28,71H,4-25,27,29-70H2,1-3H3/b28-26-. The molecule has 0 aliphatic carbocycles. The topological polar surface area (TPSA) is 78.9 Å². The third-order valence-corrected chi connectivity index (χ3v) is 17.0. The predicted molar refractivity (Wildman–Crippen MR) is 349 cm³/mol. The van der Waals surface area contributed by atoms with E-state index >= 15 is 0 Å². The molecule has 0 saturated heterocycles. The molecule has 0 aliphatic heterocycles. The van der Waals surface area contributed by atoms with Crippen LogP contribution < -0.4 is 0 Å². The second-order valence-electron chi connectivity index (χ2n) is 25.2. The molecule has 0 heterocycles. The number of carbonyl (C=O) groups excluding carboxylic acids is 3. The van der Waals surface area contributed by atoms with Gasteiger partial charge in [-0.2, -0.15) is 0 Å². The van der Waals surface area contributed by atoms with Crippen LogP contribution in [-0.2, 0) is 28.6 Å². The van der Waals surface area contributed by atoms with Crippen molar-refractivity contribution >= 4 is 17.9 Å². The first-order valence-electron chi connectivity index (χ1n) is 36.7. The molecule has 0 fully saturated rings. The Morgan fingerprint density at radius 3 is 0.625 bits per heavy atom. The number of ether oxygens (including phenoxy) is 3. The number of allylic oxidation sites excluding steroid dienone is 2. The van der Waals surface area contributed by atoms with Crippen LogP contribution >= 0.6 is 0 Å². The van der Waals surface area contributed by atoms with Crippen LogP contribution in [0.15, 0.2) is 12.2 Å². The van der Waals surface area contributed by atoms with Gasteiger partial charge < -0.3 is 14.2 Å². The normalized spacial score (nSPS) is 12.0. The van der Waals surface area contributed by atoms with E-state index < -0.39 is 6.10 Å². The van der Waals surface area contributed by atoms with Crippen molar-refractivity contribution in [1.82, 2.24) is 0 Å². The van der Waals surface area contributed by atoms with E-state index in [2.05, 4.69) is 32.9 Å². The minimum atomic E-state index is -0.768. The Hall–Kier alpha value is -1.85. The molecule has 0 N–H and O–H groups in total. The summed E-state index contributed by atoms with van der Waals surface area (Å²) in [5.41, 5.74) is 0. The summed E-state index contributed by atoms with van der Waals surface area (Å²) in [6.07, 6.45) is 84.1. The first kappa shape index (κ1) is 78.1. The maximum atomic E-state index is 12.9. The zero-order valence-electron chi connectivity index (χ0n) is 54.6. The molecule has 0 radical (unpaired) electrons. The molecule has 0 amide bonds. The zero-order valence-corrected chi connectivity index (χ0v) is 54.6. The van der Waals surface area contributed by atoms with Gasteiger partial charge in [0.1, 0.15) is 13.2 Å². The van der Waals surface area contributed by atoms with Crippen molar-refractivity contribution in [3.05, 3.63) is 12.2 Å². The van der Waals surface area contributed by atoms with Crippen molar-refractivity contribution in [2.45, 2.75) is 431 Å². The van der Waals surface area contributed by atoms with E-state index in [0.29, 0.717) is 19.3 Å². The molecule has 474 valence electrons. The van der Waals surface area contributed by atoms with E-state index in [9.17, 15) is 14.4 Å². The predicted octanol–water partition coefficient (Wildman–Crippen LogP) is 25.2. The number of hydrogen-bond donors (Lipinski definition) is 0. The van der Waals surface area contributed by atoms with Gasteiger partial charge in [0.05, 0.1) is 0 Å². The summed E-state index contributed by atoms with van der Waals surface area (Å²) in [6.45, 7) is 6.72. The maximum absolute atomic E-state index is 12.9. The van der Waals surface area contributed by atoms with Gasteiger partial charge in [-0.25, -0.2) is 0 Å². The average Bonchev–Trinajstić information content (AvgIpc) is 3.46. The summed E-state index contributed by atoms with van der Waals surface area (Å²) in [6, 6.07) is 0. The molecule has 0 saturated carbocycles. The Bertz CT molecular complexity index is 1250. The van der Waals surface area contributed by atoms with Crippen molar-refractivity contribution in [1.29, 1.82) is 0 Å². The molecule has 0 aliphatic rings. The van der Waals surface area contributed by atoms with Crippen molar-refractivity contribution in [3.8, 4) is 0 Å². The Morgan fingerprint density at radius 2 is 0.412 bits per heavy atom. The minimum Gasteiger partial charge on any atom is -0.462 e. The molecule has 6 nitrogen and oxygen atoms in total. The zero-order chi connectivity index (χ0) is 57.8. The molecule has 0 rings (SSSR count). The fourth-order valence-electron chi connectivity index (χ4n) is 11.5. The highest BCUT2D eigenvalue weighted by Crippen LogP contribution is 2.19. The number of rotatable bonds is 69. The monoisotopic (exact) mass is 1130 g/mol. The van der Waals surface area contributed by atoms with Gasteiger partial charge in [0.15, 0.2) is 6.10 Å². The highest BCUT2D eigenvalue weighted by Gasteiger charge is 2.20. The number of carbonyl (C=O) groups is 3. The second-order valence-corrected chi connectivity index (χ2v) is 25.2. The van der Waals surface area contributed by atoms with Crippen LogP contribution in [0.1, 0.15) is 425 Å². The van der Waals surface area contributed by atoms with Gasteiger partial charge in [-0.05, 0) is 44.9 Å². The van der Waals surface area contributed by atoms with Crippen LogP contribution in [-0.4, -0.2) is 37.2 Å². The van der Waals surface area contributed by atoms with Gasteiger partial charge in [0.2, 0.25) is 0 Å². The van der Waals surface area contributed by atoms with Crippen LogP contribution in [0.5, 0.6) is 0 Å². The Kier molecular flexibility index (Phi) is 68.0. The van der Waals surface area contributed by atoms with Crippen LogP contribution in [0.2, 0.25) is 0 Å². The molecule has 1 atom stereocenters. The SMILES string of the molecule is CCCCCCCC/C=C\CCCCCCCCCC(=O)OC(COC(=O)CCCCCCCCCCCCCCC)COC(=O)CCCCCCCCCCCCCCCCCCCCCCCCCCCCCCCCCC. The number of hydrogen-bond acceptors (Lipinski definition) is 6. The lowest BCUT2D eigenvalue weighted by Crippen LogP contribution is -2.30. The molecule has 0 aromatic heterocycles. The third kappa shape index (κ3) is 66.9. The fraction of sp³-hybridized carbons (Fsp3) is 0.932. The van der Waals surface area contributed by atoms with Gasteiger partial charge in [-0.3, -0.25) is 14.4 Å². The van der Waals surface area contributed by atoms with Crippen LogP contribution in [0.25, 0.3) is 0 Å². The lowest BCUT2D eigenvalue weighted by atomic mass is 10.0. The molecular formula is C74H142O6. The summed E-state index contributed by atoms with van der Waals surface area (Å²) >= 11 is 0. The Balaban J connectivity index is 4.09. The molecule has 0 aromatic carbocycles. The van der Waals surface area contributed by atoms with Crippen molar-refractivity contribution in [3.63, 3.8) is 0 Å². The average molecular weight is 1130 g/mol. The Labute approximate surface area is 501 Å². The quantitative estimate of drug-likeness (QED) is 0.0261. The fourth-order valence-corrected chi connectivity index (χ4v) is 11.5. The Morgan fingerprint density at radius 1 is 0.237 bits per heavy atom. The largest absolute Gasteiger partial charge is 0.462 e. The molecular weight excluding hydrogens is 985 g/mol. The van der Waals surface area contributed by atoms with E-state index in [4.69, 9.17) is 14.2 Å². The summed E-state index contributed by atoms with van der Waals surface area (Å²) in [4.78, 5) is 38.4. The first-order valence-corrected chi connectivity index (χ1v) is 36.7. The van der Waals surface area contributed by atoms with E-state index in [1.807, 2.05) is 0 Å². The van der Waals surface area contributed by atoms with Gasteiger partial charge in [-0.15, -0.1) is 0 Å². The maximum Gasteiger partial charge on any atom is 0.306 e. The van der Waals surface area contributed by atoms with Crippen molar-refractivity contribution < 1.29 is 28.6 Å². The van der Waals surface area contributed by atoms with Gasteiger partial charge in [-0.1, -0.05) is 373 Å². The molecule has 0 bridgehead atoms. The number of esters is 3. The number of unbranched alkanes of at least 4 members (excludes halogenated alkanes) is 56. The van der Waals surface area contributed by atoms with Gasteiger partial charge >= 0.3 is 17.9 Å². The molecule has 0 aromatic rings. The van der Waals surface area contributed by atoms with Crippen LogP contribution in [0.4, 0.5) is 0 Å². The summed E-state index contributed by atoms with van der Waals surface area (Å²) in [5.74, 6) is -0.835. The summed E-state index contributed by atoms with van der Waals surface area (Å²) < 4.78 is 17.0. The molecule has 6 heteroatoms. The molecule has 0 spiro atoms. The van der Waals surface area contributed by atoms with Crippen LogP contribution in [0.3, 0.4) is 0 Å². The van der Waals surface area contributed by atoms with Gasteiger partial charge in [0, 0.05) is 19.3 Å². The summed E-state index contributed by atoms with van der Waals surface area (Å²) in [5, 5.41) is 0. The summed E-state index contributed by atoms with van der Waals surface area (Å²) in [7, 11) is 0. The van der Waals surface area contributed by atoms with E-state index in [1.54, 1.807) is 0 Å².